The SMILES string of the molecule is O=C([CH]C(c1ccccc1)c1ccccc1)NCc1ccc([C@@H](CO)N(CC2CC(F)(F)C2)S(=O)(=O)c2ccc3c(=O)[nH]ccc3c2)s1. The molecule has 0 unspecified atom stereocenters. The molecule has 0 aliphatic heterocycles. The van der Waals surface area contributed by atoms with Gasteiger partial charge in [0.2, 0.25) is 21.9 Å². The lowest BCUT2D eigenvalue weighted by Crippen LogP contribution is -2.46. The Morgan fingerprint density at radius 3 is 2.29 bits per heavy atom. The summed E-state index contributed by atoms with van der Waals surface area (Å²) in [5.41, 5.74) is 1.56. The van der Waals surface area contributed by atoms with Crippen molar-refractivity contribution in [1.82, 2.24) is 14.6 Å². The van der Waals surface area contributed by atoms with Gasteiger partial charge in [-0.3, -0.25) is 9.59 Å². The number of carbonyl (C=O) groups is 1. The molecule has 0 bridgehead atoms. The van der Waals surface area contributed by atoms with E-state index in [-0.39, 0.29) is 35.4 Å². The molecule has 0 saturated heterocycles. The molecule has 48 heavy (non-hydrogen) atoms. The van der Waals surface area contributed by atoms with Crippen molar-refractivity contribution in [1.29, 1.82) is 0 Å². The van der Waals surface area contributed by atoms with Crippen LogP contribution in [0.3, 0.4) is 0 Å². The summed E-state index contributed by atoms with van der Waals surface area (Å²) in [5.74, 6) is -4.00. The molecule has 8 nitrogen and oxygen atoms in total. The first kappa shape index (κ1) is 33.7. The summed E-state index contributed by atoms with van der Waals surface area (Å²) in [7, 11) is -4.31. The fourth-order valence-electron chi connectivity index (χ4n) is 6.11. The first-order valence-corrected chi connectivity index (χ1v) is 17.7. The molecule has 1 aliphatic carbocycles. The van der Waals surface area contributed by atoms with Crippen molar-refractivity contribution < 1.29 is 27.1 Å². The molecule has 1 radical (unpaired) electrons. The minimum absolute atomic E-state index is 0.115. The van der Waals surface area contributed by atoms with Gasteiger partial charge in [-0.1, -0.05) is 60.7 Å². The van der Waals surface area contributed by atoms with Crippen molar-refractivity contribution in [3.63, 3.8) is 0 Å². The van der Waals surface area contributed by atoms with E-state index in [0.29, 0.717) is 15.6 Å². The second kappa shape index (κ2) is 14.1. The van der Waals surface area contributed by atoms with Gasteiger partial charge in [-0.15, -0.1) is 11.3 Å². The van der Waals surface area contributed by atoms with Gasteiger partial charge < -0.3 is 15.4 Å². The highest BCUT2D eigenvalue weighted by atomic mass is 32.2. The number of alkyl halides is 2. The first-order chi connectivity index (χ1) is 23.0. The molecule has 1 aliphatic rings. The maximum atomic E-state index is 14.1. The third-order valence-electron chi connectivity index (χ3n) is 8.57. The number of thiophene rings is 1. The normalized spacial score (nSPS) is 15.4. The molecule has 1 amide bonds. The minimum atomic E-state index is -4.31. The van der Waals surface area contributed by atoms with Gasteiger partial charge in [-0.2, -0.15) is 4.31 Å². The van der Waals surface area contributed by atoms with Crippen molar-refractivity contribution in [3.8, 4) is 0 Å². The molecule has 1 fully saturated rings. The number of aromatic amines is 1. The van der Waals surface area contributed by atoms with Crippen molar-refractivity contribution in [2.24, 2.45) is 5.92 Å². The summed E-state index contributed by atoms with van der Waals surface area (Å²) >= 11 is 1.23. The molecule has 6 rings (SSSR count). The number of H-pyrrole nitrogens is 1. The third kappa shape index (κ3) is 7.41. The van der Waals surface area contributed by atoms with Crippen LogP contribution in [0, 0.1) is 12.3 Å². The van der Waals surface area contributed by atoms with Gasteiger partial charge >= 0.3 is 0 Å². The van der Waals surface area contributed by atoms with E-state index < -0.39 is 47.4 Å². The second-order valence-corrected chi connectivity index (χ2v) is 15.0. The number of rotatable bonds is 13. The Morgan fingerprint density at radius 2 is 1.67 bits per heavy atom. The Labute approximate surface area is 281 Å². The van der Waals surface area contributed by atoms with Crippen LogP contribution in [0.15, 0.2) is 113 Å². The van der Waals surface area contributed by atoms with Crippen molar-refractivity contribution in [3.05, 3.63) is 141 Å². The van der Waals surface area contributed by atoms with E-state index >= 15 is 0 Å². The highest BCUT2D eigenvalue weighted by Crippen LogP contribution is 2.44. The van der Waals surface area contributed by atoms with E-state index in [1.54, 1.807) is 24.6 Å². The van der Waals surface area contributed by atoms with Crippen LogP contribution in [-0.4, -0.2) is 47.8 Å². The van der Waals surface area contributed by atoms with Crippen LogP contribution in [-0.2, 0) is 21.4 Å². The molecule has 249 valence electrons. The molecule has 3 aromatic carbocycles. The van der Waals surface area contributed by atoms with E-state index in [2.05, 4.69) is 10.3 Å². The number of aliphatic hydroxyl groups is 1. The predicted molar refractivity (Wildman–Crippen MR) is 181 cm³/mol. The van der Waals surface area contributed by atoms with Crippen LogP contribution in [0.1, 0.15) is 45.7 Å². The first-order valence-electron chi connectivity index (χ1n) is 15.5. The molecule has 5 aromatic rings. The number of carbonyl (C=O) groups excluding carboxylic acids is 1. The van der Waals surface area contributed by atoms with Crippen LogP contribution in [0.2, 0.25) is 0 Å². The number of amides is 1. The van der Waals surface area contributed by atoms with Crippen molar-refractivity contribution in [2.75, 3.05) is 13.2 Å². The summed E-state index contributed by atoms with van der Waals surface area (Å²) in [4.78, 5) is 29.0. The van der Waals surface area contributed by atoms with Crippen LogP contribution in [0.4, 0.5) is 8.78 Å². The summed E-state index contributed by atoms with van der Waals surface area (Å²) < 4.78 is 57.0. The third-order valence-corrected chi connectivity index (χ3v) is 11.6. The quantitative estimate of drug-likeness (QED) is 0.140. The van der Waals surface area contributed by atoms with Crippen LogP contribution < -0.4 is 10.9 Å². The van der Waals surface area contributed by atoms with Crippen LogP contribution >= 0.6 is 11.3 Å². The predicted octanol–water partition coefficient (Wildman–Crippen LogP) is 6.01. The number of hydrogen-bond acceptors (Lipinski definition) is 6. The van der Waals surface area contributed by atoms with E-state index in [1.807, 2.05) is 60.7 Å². The topological polar surface area (TPSA) is 120 Å². The zero-order chi connectivity index (χ0) is 33.9. The largest absolute Gasteiger partial charge is 0.394 e. The number of fused-ring (bicyclic) bond motifs is 1. The van der Waals surface area contributed by atoms with Crippen LogP contribution in [0.5, 0.6) is 0 Å². The lowest BCUT2D eigenvalue weighted by Gasteiger charge is -2.39. The number of sulfonamides is 1. The van der Waals surface area contributed by atoms with E-state index in [9.17, 15) is 31.9 Å². The summed E-state index contributed by atoms with van der Waals surface area (Å²) in [6, 6.07) is 27.4. The maximum absolute atomic E-state index is 14.1. The van der Waals surface area contributed by atoms with Gasteiger partial charge in [-0.25, -0.2) is 17.2 Å². The fraction of sp³-hybridized carbons (Fsp3) is 0.250. The lowest BCUT2D eigenvalue weighted by molar-refractivity contribution is -0.118. The standard InChI is InChI=1S/C36H34F2N3O5S2/c37-36(38)19-24(20-36)22-41(48(45,46)29-12-13-30-27(17-29)15-16-39-35(30)44)32(23-42)33-14-11-28(47-33)21-40-34(43)18-31(25-7-3-1-4-8-25)26-9-5-2-6-10-26/h1-18,24,31-32,42H,19-23H2,(H,39,44)(H,40,43)/t32-/m1/s1. The molecule has 1 atom stereocenters. The smallest absolute Gasteiger partial charge is 0.255 e. The van der Waals surface area contributed by atoms with E-state index in [4.69, 9.17) is 0 Å². The van der Waals surface area contributed by atoms with Crippen LogP contribution in [0.25, 0.3) is 10.8 Å². The molecule has 1 saturated carbocycles. The number of halogens is 2. The number of benzene rings is 3. The molecular formula is C36H34F2N3O5S2. The number of aliphatic hydroxyl groups excluding tert-OH is 1. The molecule has 2 aromatic heterocycles. The fourth-order valence-corrected chi connectivity index (χ4v) is 8.94. The summed E-state index contributed by atoms with van der Waals surface area (Å²) in [5, 5.41) is 14.2. The minimum Gasteiger partial charge on any atom is -0.394 e. The number of hydrogen-bond donors (Lipinski definition) is 3. The summed E-state index contributed by atoms with van der Waals surface area (Å²) in [6.07, 6.45) is 2.14. The van der Waals surface area contributed by atoms with Gasteiger partial charge in [0.1, 0.15) is 0 Å². The Kier molecular flexibility index (Phi) is 9.88. The van der Waals surface area contributed by atoms with Crippen molar-refractivity contribution in [2.45, 2.75) is 42.2 Å². The number of nitrogens with one attached hydrogen (secondary N) is 2. The Hall–Kier alpha value is -4.23. The van der Waals surface area contributed by atoms with E-state index in [0.717, 1.165) is 20.3 Å². The molecule has 3 N–H and O–H groups in total. The van der Waals surface area contributed by atoms with Gasteiger partial charge in [-0.05, 0) is 58.8 Å². The van der Waals surface area contributed by atoms with Gasteiger partial charge in [0.15, 0.2) is 0 Å². The molecule has 12 heteroatoms. The average molecular weight is 691 g/mol. The Balaban J connectivity index is 1.21. The Bertz CT molecular complexity index is 2000. The highest BCUT2D eigenvalue weighted by molar-refractivity contribution is 7.89. The monoisotopic (exact) mass is 690 g/mol. The van der Waals surface area contributed by atoms with Gasteiger partial charge in [0, 0.05) is 46.6 Å². The highest BCUT2D eigenvalue weighted by Gasteiger charge is 2.48. The number of nitrogens with zero attached hydrogens (tertiary/aromatic N) is 1. The number of aromatic nitrogens is 1. The average Bonchev–Trinajstić information content (AvgIpc) is 3.54. The maximum Gasteiger partial charge on any atom is 0.255 e. The zero-order valence-electron chi connectivity index (χ0n) is 25.8. The number of pyridine rings is 1. The second-order valence-electron chi connectivity index (χ2n) is 11.9. The van der Waals surface area contributed by atoms with Gasteiger partial charge in [0.25, 0.3) is 5.56 Å². The summed E-state index contributed by atoms with van der Waals surface area (Å²) in [6.45, 7) is -0.642. The van der Waals surface area contributed by atoms with Gasteiger partial charge in [0.05, 0.1) is 30.5 Å². The molecule has 0 spiro atoms. The molecular weight excluding hydrogens is 657 g/mol. The van der Waals surface area contributed by atoms with E-state index in [1.165, 1.54) is 35.7 Å². The zero-order valence-corrected chi connectivity index (χ0v) is 27.4. The molecule has 2 heterocycles. The van der Waals surface area contributed by atoms with Crippen molar-refractivity contribution >= 4 is 38.0 Å². The lowest BCUT2D eigenvalue weighted by atomic mass is 9.81. The Morgan fingerprint density at radius 1 is 1.00 bits per heavy atom.